The van der Waals surface area contributed by atoms with Gasteiger partial charge in [-0.05, 0) is 74.0 Å². The van der Waals surface area contributed by atoms with Crippen LogP contribution in [0.2, 0.25) is 23.7 Å². The van der Waals surface area contributed by atoms with Crippen molar-refractivity contribution < 1.29 is 28.3 Å². The number of aliphatic hydroxyl groups is 1. The van der Waals surface area contributed by atoms with Gasteiger partial charge in [0.05, 0.1) is 44.5 Å². The van der Waals surface area contributed by atoms with Gasteiger partial charge in [-0.3, -0.25) is 19.0 Å². The van der Waals surface area contributed by atoms with Gasteiger partial charge in [-0.15, -0.1) is 0 Å². The van der Waals surface area contributed by atoms with E-state index < -0.39 is 31.6 Å². The summed E-state index contributed by atoms with van der Waals surface area (Å²) in [5.74, 6) is -0.914. The lowest BCUT2D eigenvalue weighted by atomic mass is 9.82. The molecule has 2 fully saturated rings. The summed E-state index contributed by atoms with van der Waals surface area (Å²) in [6.07, 6.45) is 2.26. The summed E-state index contributed by atoms with van der Waals surface area (Å²) < 4.78 is 29.6. The van der Waals surface area contributed by atoms with Gasteiger partial charge in [0.1, 0.15) is 0 Å². The number of hydrogen-bond acceptors (Lipinski definition) is 6. The molecule has 5 atom stereocenters. The SMILES string of the molecule is COc1cccn(-c2cccc(CN3C(=O)[C@]4(O[C@H](CC(=O)N5CCC[C@H]5CO)[C@@H]([Si](C)(C)F)[C@@H]4C)c4cc(Cl)ccc43)c2)c1=O. The van der Waals surface area contributed by atoms with Crippen molar-refractivity contribution in [3.63, 3.8) is 0 Å². The first-order valence-electron chi connectivity index (χ1n) is 15.6. The number of amides is 2. The second-order valence-electron chi connectivity index (χ2n) is 13.0. The second kappa shape index (κ2) is 12.3. The number of carbonyl (C=O) groups is 2. The molecule has 0 unspecified atom stereocenters. The lowest BCUT2D eigenvalue weighted by molar-refractivity contribution is -0.150. The highest BCUT2D eigenvalue weighted by Gasteiger charge is 2.67. The predicted octanol–water partition coefficient (Wildman–Crippen LogP) is 5.19. The number of nitrogens with zero attached hydrogens (tertiary/aromatic N) is 3. The van der Waals surface area contributed by atoms with Crippen molar-refractivity contribution in [1.82, 2.24) is 9.47 Å². The van der Waals surface area contributed by atoms with Crippen LogP contribution in [0.4, 0.5) is 9.80 Å². The standard InChI is InChI=1S/C34H39ClFN3O6Si/c1-21-31(46(3,4)36)29(18-30(41)37-14-6-10-25(37)20-40)45-34(21)26-17-23(35)12-13-27(26)39(33(34)43)19-22-8-5-9-24(16-22)38-15-7-11-28(44-2)32(38)42/h5,7-9,11-13,15-17,21,25,29,31,40H,6,10,14,18-20H2,1-4H3/t21-,25-,29+,31-,34+/m0/s1. The molecule has 1 aromatic heterocycles. The van der Waals surface area contributed by atoms with Crippen molar-refractivity contribution in [2.75, 3.05) is 25.2 Å². The van der Waals surface area contributed by atoms with E-state index in [2.05, 4.69) is 0 Å². The number of hydrogen-bond donors (Lipinski definition) is 1. The number of ether oxygens (including phenoxy) is 2. The minimum absolute atomic E-state index is 0.0753. The van der Waals surface area contributed by atoms with Gasteiger partial charge in [0.2, 0.25) is 14.3 Å². The van der Waals surface area contributed by atoms with Crippen LogP contribution in [0.3, 0.4) is 0 Å². The zero-order valence-corrected chi connectivity index (χ0v) is 28.2. The van der Waals surface area contributed by atoms with Crippen LogP contribution in [-0.2, 0) is 26.5 Å². The molecule has 2 aromatic carbocycles. The third-order valence-electron chi connectivity index (χ3n) is 9.87. The number of halogens is 2. The van der Waals surface area contributed by atoms with E-state index in [0.29, 0.717) is 34.9 Å². The molecule has 46 heavy (non-hydrogen) atoms. The number of methoxy groups -OCH3 is 1. The molecule has 1 N–H and O–H groups in total. The Morgan fingerprint density at radius 1 is 1.17 bits per heavy atom. The normalized spacial score (nSPS) is 25.8. The fourth-order valence-corrected chi connectivity index (χ4v) is 10.5. The first-order chi connectivity index (χ1) is 21.9. The van der Waals surface area contributed by atoms with Gasteiger partial charge in [0.25, 0.3) is 11.5 Å². The van der Waals surface area contributed by atoms with Crippen LogP contribution in [0.15, 0.2) is 65.6 Å². The molecule has 0 aliphatic carbocycles. The Morgan fingerprint density at radius 3 is 2.67 bits per heavy atom. The van der Waals surface area contributed by atoms with E-state index in [9.17, 15) is 19.5 Å². The maximum absolute atomic E-state index is 16.2. The molecule has 1 spiro atoms. The summed E-state index contributed by atoms with van der Waals surface area (Å²) in [7, 11) is -2.04. The summed E-state index contributed by atoms with van der Waals surface area (Å²) in [5, 5.41) is 10.2. The van der Waals surface area contributed by atoms with Crippen LogP contribution < -0.4 is 15.2 Å². The topological polar surface area (TPSA) is 101 Å². The van der Waals surface area contributed by atoms with E-state index in [1.54, 1.807) is 65.5 Å². The maximum atomic E-state index is 16.2. The number of aromatic nitrogens is 1. The summed E-state index contributed by atoms with van der Waals surface area (Å²) in [6.45, 7) is 5.61. The van der Waals surface area contributed by atoms with Gasteiger partial charge in [-0.1, -0.05) is 30.7 Å². The highest BCUT2D eigenvalue weighted by molar-refractivity contribution is 6.72. The largest absolute Gasteiger partial charge is 0.491 e. The average molecular weight is 668 g/mol. The quantitative estimate of drug-likeness (QED) is 0.262. The molecule has 0 bridgehead atoms. The van der Waals surface area contributed by atoms with E-state index in [0.717, 1.165) is 12.0 Å². The third-order valence-corrected chi connectivity index (χ3v) is 12.6. The molecule has 0 saturated carbocycles. The van der Waals surface area contributed by atoms with Crippen LogP contribution in [0.1, 0.15) is 37.3 Å². The highest BCUT2D eigenvalue weighted by Crippen LogP contribution is 2.60. The number of anilines is 1. The Bertz CT molecular complexity index is 1730. The number of pyridine rings is 1. The van der Waals surface area contributed by atoms with Crippen LogP contribution in [-0.4, -0.2) is 67.2 Å². The molecule has 3 aliphatic rings. The predicted molar refractivity (Wildman–Crippen MR) is 176 cm³/mol. The Balaban J connectivity index is 1.37. The molecular formula is C34H39ClFN3O6Si. The van der Waals surface area contributed by atoms with Crippen molar-refractivity contribution in [1.29, 1.82) is 0 Å². The molecule has 244 valence electrons. The molecule has 4 heterocycles. The number of carbonyl (C=O) groups excluding carboxylic acids is 2. The summed E-state index contributed by atoms with van der Waals surface area (Å²) in [4.78, 5) is 44.5. The summed E-state index contributed by atoms with van der Waals surface area (Å²) in [5.41, 5.74) is 0.0447. The Hall–Kier alpha value is -3.51. The van der Waals surface area contributed by atoms with Crippen LogP contribution in [0, 0.1) is 5.92 Å². The number of aliphatic hydroxyl groups excluding tert-OH is 1. The van der Waals surface area contributed by atoms with Crippen molar-refractivity contribution in [3.05, 3.63) is 87.3 Å². The minimum Gasteiger partial charge on any atom is -0.491 e. The Kier molecular flexibility index (Phi) is 8.64. The summed E-state index contributed by atoms with van der Waals surface area (Å²) >= 11 is 6.50. The smallest absolute Gasteiger partial charge is 0.297 e. The van der Waals surface area contributed by atoms with E-state index in [1.165, 1.54) is 11.7 Å². The fourth-order valence-electron chi connectivity index (χ4n) is 7.84. The van der Waals surface area contributed by atoms with Gasteiger partial charge < -0.3 is 28.5 Å². The van der Waals surface area contributed by atoms with E-state index in [1.807, 2.05) is 25.1 Å². The molecule has 3 aromatic rings. The maximum Gasteiger partial charge on any atom is 0.297 e. The monoisotopic (exact) mass is 667 g/mol. The number of likely N-dealkylation sites (tertiary alicyclic amines) is 1. The molecule has 6 rings (SSSR count). The first kappa shape index (κ1) is 32.4. The molecule has 9 nitrogen and oxygen atoms in total. The van der Waals surface area contributed by atoms with E-state index >= 15 is 4.11 Å². The van der Waals surface area contributed by atoms with Crippen molar-refractivity contribution in [3.8, 4) is 11.4 Å². The van der Waals surface area contributed by atoms with Gasteiger partial charge in [0, 0.05) is 40.5 Å². The van der Waals surface area contributed by atoms with Gasteiger partial charge in [-0.25, -0.2) is 0 Å². The zero-order valence-electron chi connectivity index (χ0n) is 26.4. The van der Waals surface area contributed by atoms with E-state index in [4.69, 9.17) is 21.1 Å². The molecular weight excluding hydrogens is 629 g/mol. The van der Waals surface area contributed by atoms with Crippen LogP contribution >= 0.6 is 11.6 Å². The lowest BCUT2D eigenvalue weighted by Crippen LogP contribution is -2.45. The Morgan fingerprint density at radius 2 is 1.96 bits per heavy atom. The lowest BCUT2D eigenvalue weighted by Gasteiger charge is -2.31. The number of rotatable bonds is 8. The van der Waals surface area contributed by atoms with E-state index in [-0.39, 0.29) is 48.7 Å². The molecule has 3 aliphatic heterocycles. The average Bonchev–Trinajstić information content (AvgIpc) is 3.68. The fraction of sp³-hybridized carbons (Fsp3) is 0.441. The minimum atomic E-state index is -3.49. The number of fused-ring (bicyclic) bond motifs is 2. The first-order valence-corrected chi connectivity index (χ1v) is 19.0. The van der Waals surface area contributed by atoms with Crippen molar-refractivity contribution in [2.45, 2.75) is 69.1 Å². The highest BCUT2D eigenvalue weighted by atomic mass is 35.5. The van der Waals surface area contributed by atoms with Crippen molar-refractivity contribution >= 4 is 37.5 Å². The van der Waals surface area contributed by atoms with Crippen LogP contribution in [0.5, 0.6) is 5.75 Å². The second-order valence-corrected chi connectivity index (χ2v) is 17.2. The third kappa shape index (κ3) is 5.36. The molecule has 2 saturated heterocycles. The Labute approximate surface area is 273 Å². The summed E-state index contributed by atoms with van der Waals surface area (Å²) in [6, 6.07) is 15.6. The zero-order chi connectivity index (χ0) is 33.0. The van der Waals surface area contributed by atoms with Gasteiger partial charge in [-0.2, -0.15) is 0 Å². The van der Waals surface area contributed by atoms with Crippen molar-refractivity contribution in [2.24, 2.45) is 5.92 Å². The van der Waals surface area contributed by atoms with Gasteiger partial charge >= 0.3 is 0 Å². The molecule has 12 heteroatoms. The van der Waals surface area contributed by atoms with Gasteiger partial charge in [0.15, 0.2) is 11.4 Å². The number of benzene rings is 2. The molecule has 0 radical (unpaired) electrons. The molecule has 2 amide bonds. The van der Waals surface area contributed by atoms with Crippen LogP contribution in [0.25, 0.3) is 5.69 Å².